The van der Waals surface area contributed by atoms with E-state index < -0.39 is 0 Å². The summed E-state index contributed by atoms with van der Waals surface area (Å²) in [5.74, 6) is 0. The maximum atomic E-state index is 8.11. The number of aliphatic hydroxyl groups is 2. The van der Waals surface area contributed by atoms with Crippen LogP contribution in [0.2, 0.25) is 0 Å². The Balaban J connectivity index is 2.69. The number of aliphatic hydroxyl groups excluding tert-OH is 2. The predicted molar refractivity (Wildman–Crippen MR) is 26.9 cm³/mol. The van der Waals surface area contributed by atoms with Crippen molar-refractivity contribution in [2.24, 2.45) is 0 Å². The first-order valence-electron chi connectivity index (χ1n) is 2.05. The van der Waals surface area contributed by atoms with Crippen LogP contribution in [0, 0.1) is 0 Å². The summed E-state index contributed by atoms with van der Waals surface area (Å²) in [6.45, 7) is 0.571. The van der Waals surface area contributed by atoms with E-state index >= 15 is 0 Å². The minimum atomic E-state index is 0.0876. The van der Waals surface area contributed by atoms with Crippen molar-refractivity contribution in [2.75, 3.05) is 13.2 Å². The molecule has 0 atom stereocenters. The SMILES string of the molecule is O/C=C/NCCO. The van der Waals surface area contributed by atoms with Gasteiger partial charge in [-0.15, -0.1) is 0 Å². The molecule has 0 heterocycles. The van der Waals surface area contributed by atoms with Gasteiger partial charge in [0.1, 0.15) is 0 Å². The second-order valence-corrected chi connectivity index (χ2v) is 0.993. The summed E-state index contributed by atoms with van der Waals surface area (Å²) in [5.41, 5.74) is 0. The maximum Gasteiger partial charge on any atom is 0.0948 e. The molecule has 7 heavy (non-hydrogen) atoms. The quantitative estimate of drug-likeness (QED) is 0.336. The van der Waals surface area contributed by atoms with Gasteiger partial charge in [-0.05, 0) is 0 Å². The number of rotatable bonds is 3. The van der Waals surface area contributed by atoms with Gasteiger partial charge in [0.2, 0.25) is 0 Å². The van der Waals surface area contributed by atoms with Gasteiger partial charge >= 0.3 is 0 Å². The molecule has 42 valence electrons. The van der Waals surface area contributed by atoms with E-state index in [1.807, 2.05) is 0 Å². The molecule has 0 saturated heterocycles. The second kappa shape index (κ2) is 5.30. The Morgan fingerprint density at radius 3 is 2.71 bits per heavy atom. The van der Waals surface area contributed by atoms with Gasteiger partial charge in [0.15, 0.2) is 0 Å². The van der Waals surface area contributed by atoms with Crippen molar-refractivity contribution in [3.05, 3.63) is 12.5 Å². The van der Waals surface area contributed by atoms with Crippen molar-refractivity contribution in [1.29, 1.82) is 0 Å². The number of nitrogens with one attached hydrogen (secondary N) is 1. The molecule has 0 fully saturated rings. The second-order valence-electron chi connectivity index (χ2n) is 0.993. The molecular formula is C4H9NO2. The van der Waals surface area contributed by atoms with Gasteiger partial charge in [0.05, 0.1) is 12.9 Å². The van der Waals surface area contributed by atoms with Crippen molar-refractivity contribution in [3.63, 3.8) is 0 Å². The molecule has 0 aromatic carbocycles. The lowest BCUT2D eigenvalue weighted by atomic mass is 10.7. The lowest BCUT2D eigenvalue weighted by molar-refractivity contribution is 0.298. The van der Waals surface area contributed by atoms with Crippen molar-refractivity contribution in [2.45, 2.75) is 0 Å². The Morgan fingerprint density at radius 1 is 1.57 bits per heavy atom. The van der Waals surface area contributed by atoms with Crippen LogP contribution in [-0.2, 0) is 0 Å². The fourth-order valence-electron chi connectivity index (χ4n) is 0.201. The van der Waals surface area contributed by atoms with Crippen molar-refractivity contribution in [3.8, 4) is 0 Å². The van der Waals surface area contributed by atoms with Crippen LogP contribution < -0.4 is 5.32 Å². The molecule has 0 aliphatic heterocycles. The first-order valence-corrected chi connectivity index (χ1v) is 2.05. The third-order valence-corrected chi connectivity index (χ3v) is 0.449. The fraction of sp³-hybridized carbons (Fsp3) is 0.500. The Morgan fingerprint density at radius 2 is 2.29 bits per heavy atom. The Hall–Kier alpha value is -0.700. The molecule has 0 bridgehead atoms. The molecule has 0 saturated carbocycles. The van der Waals surface area contributed by atoms with Gasteiger partial charge in [0, 0.05) is 12.7 Å². The minimum absolute atomic E-state index is 0.0876. The molecule has 0 aromatic rings. The summed E-state index contributed by atoms with van der Waals surface area (Å²) in [5, 5.41) is 18.7. The van der Waals surface area contributed by atoms with Crippen LogP contribution in [0.15, 0.2) is 12.5 Å². The van der Waals surface area contributed by atoms with Gasteiger partial charge in [0.25, 0.3) is 0 Å². The zero-order chi connectivity index (χ0) is 5.54. The summed E-state index contributed by atoms with van der Waals surface area (Å²) in [4.78, 5) is 0. The molecule has 3 nitrogen and oxygen atoms in total. The largest absolute Gasteiger partial charge is 0.514 e. The van der Waals surface area contributed by atoms with E-state index in [0.717, 1.165) is 6.26 Å². The van der Waals surface area contributed by atoms with E-state index in [9.17, 15) is 0 Å². The summed E-state index contributed by atoms with van der Waals surface area (Å²) in [6.07, 6.45) is 2.24. The van der Waals surface area contributed by atoms with Gasteiger partial charge in [-0.3, -0.25) is 0 Å². The normalized spacial score (nSPS) is 9.86. The molecule has 3 N–H and O–H groups in total. The van der Waals surface area contributed by atoms with Crippen LogP contribution >= 0.6 is 0 Å². The minimum Gasteiger partial charge on any atom is -0.514 e. The monoisotopic (exact) mass is 103 g/mol. The van der Waals surface area contributed by atoms with Gasteiger partial charge in [-0.2, -0.15) is 0 Å². The van der Waals surface area contributed by atoms with Crippen LogP contribution in [0.4, 0.5) is 0 Å². The zero-order valence-electron chi connectivity index (χ0n) is 3.96. The summed E-state index contributed by atoms with van der Waals surface area (Å²) >= 11 is 0. The van der Waals surface area contributed by atoms with E-state index in [0.29, 0.717) is 6.54 Å². The van der Waals surface area contributed by atoms with Gasteiger partial charge in [-0.25, -0.2) is 0 Å². The molecule has 0 aliphatic carbocycles. The molecule has 0 aliphatic rings. The van der Waals surface area contributed by atoms with E-state index in [-0.39, 0.29) is 6.61 Å². The highest BCUT2D eigenvalue weighted by atomic mass is 16.3. The predicted octanol–water partition coefficient (Wildman–Crippen LogP) is -0.403. The van der Waals surface area contributed by atoms with Gasteiger partial charge in [-0.1, -0.05) is 0 Å². The standard InChI is InChI=1S/C4H9NO2/c6-3-1-5-2-4-7/h1,3,5-7H,2,4H2/b3-1+. The lowest BCUT2D eigenvalue weighted by Gasteiger charge is -1.90. The van der Waals surface area contributed by atoms with E-state index in [1.165, 1.54) is 6.20 Å². The van der Waals surface area contributed by atoms with E-state index in [2.05, 4.69) is 5.32 Å². The van der Waals surface area contributed by atoms with Crippen LogP contribution in [0.5, 0.6) is 0 Å². The smallest absolute Gasteiger partial charge is 0.0948 e. The maximum absolute atomic E-state index is 8.11. The average Bonchev–Trinajstić information content (AvgIpc) is 1.69. The first-order chi connectivity index (χ1) is 3.41. The van der Waals surface area contributed by atoms with E-state index in [1.54, 1.807) is 0 Å². The molecule has 3 heteroatoms. The molecule has 0 unspecified atom stereocenters. The molecular weight excluding hydrogens is 94.0 g/mol. The van der Waals surface area contributed by atoms with Crippen LogP contribution in [-0.4, -0.2) is 23.4 Å². The van der Waals surface area contributed by atoms with Crippen molar-refractivity contribution in [1.82, 2.24) is 5.32 Å². The number of hydrogen-bond donors (Lipinski definition) is 3. The number of hydrogen-bond acceptors (Lipinski definition) is 3. The summed E-state index contributed by atoms with van der Waals surface area (Å²) in [6, 6.07) is 0. The van der Waals surface area contributed by atoms with Gasteiger partial charge < -0.3 is 15.5 Å². The Bertz CT molecular complexity index is 53.7. The zero-order valence-corrected chi connectivity index (χ0v) is 3.96. The topological polar surface area (TPSA) is 52.5 Å². The average molecular weight is 103 g/mol. The molecule has 0 spiro atoms. The van der Waals surface area contributed by atoms with Crippen molar-refractivity contribution >= 4 is 0 Å². The molecule has 0 rings (SSSR count). The summed E-state index contributed by atoms with van der Waals surface area (Å²) in [7, 11) is 0. The Kier molecular flexibility index (Phi) is 4.77. The summed E-state index contributed by atoms with van der Waals surface area (Å²) < 4.78 is 0. The fourth-order valence-corrected chi connectivity index (χ4v) is 0.201. The molecule has 0 amide bonds. The first kappa shape index (κ1) is 6.30. The highest BCUT2D eigenvalue weighted by Crippen LogP contribution is 1.56. The molecule has 0 aromatic heterocycles. The van der Waals surface area contributed by atoms with Crippen LogP contribution in [0.3, 0.4) is 0 Å². The van der Waals surface area contributed by atoms with E-state index in [4.69, 9.17) is 10.2 Å². The third kappa shape index (κ3) is 5.30. The van der Waals surface area contributed by atoms with Crippen molar-refractivity contribution < 1.29 is 10.2 Å². The van der Waals surface area contributed by atoms with Crippen LogP contribution in [0.1, 0.15) is 0 Å². The highest BCUT2D eigenvalue weighted by molar-refractivity contribution is 4.66. The lowest BCUT2D eigenvalue weighted by Crippen LogP contribution is -2.09. The highest BCUT2D eigenvalue weighted by Gasteiger charge is 1.70. The molecule has 0 radical (unpaired) electrons. The Labute approximate surface area is 42.3 Å². The third-order valence-electron chi connectivity index (χ3n) is 0.449. The van der Waals surface area contributed by atoms with Crippen LogP contribution in [0.25, 0.3) is 0 Å².